The highest BCUT2D eigenvalue weighted by atomic mass is 19.4. The summed E-state index contributed by atoms with van der Waals surface area (Å²) in [5.41, 5.74) is 0.203. The lowest BCUT2D eigenvalue weighted by Crippen LogP contribution is -2.19. The van der Waals surface area contributed by atoms with Crippen LogP contribution in [0.2, 0.25) is 0 Å². The Morgan fingerprint density at radius 2 is 2.00 bits per heavy atom. The number of rotatable bonds is 3. The van der Waals surface area contributed by atoms with E-state index in [2.05, 4.69) is 10.1 Å². The molecular weight excluding hydrogens is 214 g/mol. The van der Waals surface area contributed by atoms with Crippen LogP contribution < -0.4 is 10.1 Å². The molecule has 2 nitrogen and oxygen atoms in total. The number of halogens is 4. The molecule has 1 N–H and O–H groups in total. The molecule has 0 aromatic heterocycles. The van der Waals surface area contributed by atoms with Gasteiger partial charge in [0.05, 0.1) is 5.69 Å². The molecule has 0 saturated carbocycles. The van der Waals surface area contributed by atoms with Gasteiger partial charge in [0.15, 0.2) is 6.61 Å². The molecule has 0 aliphatic rings. The van der Waals surface area contributed by atoms with Gasteiger partial charge in [-0.1, -0.05) is 0 Å². The Kier molecular flexibility index (Phi) is 3.39. The van der Waals surface area contributed by atoms with Crippen molar-refractivity contribution >= 4 is 5.69 Å². The van der Waals surface area contributed by atoms with Gasteiger partial charge in [-0.2, -0.15) is 13.2 Å². The standard InChI is InChI=1S/C9H9F4NO/c1-14-8-3-2-6(4-7(8)10)15-5-9(11,12)13/h2-4,14H,5H2,1H3. The minimum Gasteiger partial charge on any atom is -0.484 e. The molecule has 0 spiro atoms. The summed E-state index contributed by atoms with van der Waals surface area (Å²) in [5, 5.41) is 2.54. The number of hydrogen-bond donors (Lipinski definition) is 1. The second-order valence-corrected chi connectivity index (χ2v) is 2.80. The van der Waals surface area contributed by atoms with Crippen LogP contribution in [0.25, 0.3) is 0 Å². The minimum atomic E-state index is -4.42. The number of hydrogen-bond acceptors (Lipinski definition) is 2. The van der Waals surface area contributed by atoms with Crippen molar-refractivity contribution < 1.29 is 22.3 Å². The van der Waals surface area contributed by atoms with Crippen molar-refractivity contribution in [3.05, 3.63) is 24.0 Å². The average Bonchev–Trinajstić information content (AvgIpc) is 2.14. The monoisotopic (exact) mass is 223 g/mol. The van der Waals surface area contributed by atoms with Crippen LogP contribution in [-0.4, -0.2) is 19.8 Å². The first-order valence-corrected chi connectivity index (χ1v) is 4.09. The van der Waals surface area contributed by atoms with Crippen LogP contribution in [0.15, 0.2) is 18.2 Å². The number of alkyl halides is 3. The molecule has 0 saturated heterocycles. The van der Waals surface area contributed by atoms with Gasteiger partial charge in [0.1, 0.15) is 11.6 Å². The third kappa shape index (κ3) is 3.65. The lowest BCUT2D eigenvalue weighted by Gasteiger charge is -2.10. The van der Waals surface area contributed by atoms with Crippen molar-refractivity contribution in [1.82, 2.24) is 0 Å². The normalized spacial score (nSPS) is 11.3. The highest BCUT2D eigenvalue weighted by Crippen LogP contribution is 2.22. The molecule has 0 radical (unpaired) electrons. The SMILES string of the molecule is CNc1ccc(OCC(F)(F)F)cc1F. The maximum absolute atomic E-state index is 13.0. The Morgan fingerprint density at radius 1 is 1.33 bits per heavy atom. The third-order valence-corrected chi connectivity index (χ3v) is 1.61. The van der Waals surface area contributed by atoms with Crippen LogP contribution >= 0.6 is 0 Å². The fraction of sp³-hybridized carbons (Fsp3) is 0.333. The molecule has 84 valence electrons. The molecule has 1 aromatic rings. The molecule has 0 unspecified atom stereocenters. The third-order valence-electron chi connectivity index (χ3n) is 1.61. The summed E-state index contributed by atoms with van der Waals surface area (Å²) in [6.45, 7) is -1.43. The van der Waals surface area contributed by atoms with Gasteiger partial charge < -0.3 is 10.1 Å². The number of benzene rings is 1. The average molecular weight is 223 g/mol. The maximum Gasteiger partial charge on any atom is 0.422 e. The molecule has 0 aliphatic heterocycles. The Labute approximate surface area is 83.9 Å². The molecule has 15 heavy (non-hydrogen) atoms. The van der Waals surface area contributed by atoms with Crippen LogP contribution in [0.3, 0.4) is 0 Å². The van der Waals surface area contributed by atoms with E-state index in [1.165, 1.54) is 19.2 Å². The van der Waals surface area contributed by atoms with E-state index in [0.717, 1.165) is 6.07 Å². The molecule has 0 fully saturated rings. The predicted octanol–water partition coefficient (Wildman–Crippen LogP) is 2.81. The molecule has 0 heterocycles. The minimum absolute atomic E-state index is 0.149. The fourth-order valence-electron chi connectivity index (χ4n) is 0.954. The topological polar surface area (TPSA) is 21.3 Å². The van der Waals surface area contributed by atoms with Gasteiger partial charge in [0.25, 0.3) is 0 Å². The van der Waals surface area contributed by atoms with Gasteiger partial charge in [-0.3, -0.25) is 0 Å². The Bertz CT molecular complexity index is 337. The molecular formula is C9H9F4NO. The number of ether oxygens (including phenoxy) is 1. The summed E-state index contributed by atoms with van der Waals surface area (Å²) in [7, 11) is 1.51. The van der Waals surface area contributed by atoms with Crippen molar-refractivity contribution in [3.8, 4) is 5.75 Å². The lowest BCUT2D eigenvalue weighted by atomic mass is 10.3. The van der Waals surface area contributed by atoms with Gasteiger partial charge in [-0.25, -0.2) is 4.39 Å². The molecule has 0 bridgehead atoms. The molecule has 0 atom stereocenters. The quantitative estimate of drug-likeness (QED) is 0.795. The van der Waals surface area contributed by atoms with Gasteiger partial charge in [-0.15, -0.1) is 0 Å². The Morgan fingerprint density at radius 3 is 2.47 bits per heavy atom. The zero-order valence-electron chi connectivity index (χ0n) is 7.86. The van der Waals surface area contributed by atoms with Crippen molar-refractivity contribution in [2.45, 2.75) is 6.18 Å². The summed E-state index contributed by atoms with van der Waals surface area (Å²) in [6, 6.07) is 3.47. The molecule has 0 amide bonds. The molecule has 1 aromatic carbocycles. The highest BCUT2D eigenvalue weighted by molar-refractivity contribution is 5.47. The largest absolute Gasteiger partial charge is 0.484 e. The first-order chi connectivity index (χ1) is 6.92. The van der Waals surface area contributed by atoms with Gasteiger partial charge in [0.2, 0.25) is 0 Å². The van der Waals surface area contributed by atoms with Crippen LogP contribution in [0.4, 0.5) is 23.2 Å². The maximum atomic E-state index is 13.0. The Balaban J connectivity index is 2.68. The van der Waals surface area contributed by atoms with E-state index in [1.54, 1.807) is 0 Å². The summed E-state index contributed by atoms with van der Waals surface area (Å²) < 4.78 is 52.7. The van der Waals surface area contributed by atoms with E-state index in [1.807, 2.05) is 0 Å². The zero-order valence-corrected chi connectivity index (χ0v) is 7.86. The summed E-state index contributed by atoms with van der Waals surface area (Å²) in [5.74, 6) is -0.805. The van der Waals surface area contributed by atoms with E-state index >= 15 is 0 Å². The van der Waals surface area contributed by atoms with Crippen molar-refractivity contribution in [3.63, 3.8) is 0 Å². The van der Waals surface area contributed by atoms with Gasteiger partial charge in [-0.05, 0) is 12.1 Å². The van der Waals surface area contributed by atoms with E-state index in [0.29, 0.717) is 0 Å². The molecule has 6 heteroatoms. The predicted molar refractivity (Wildman–Crippen MR) is 47.5 cm³/mol. The summed E-state index contributed by atoms with van der Waals surface area (Å²) >= 11 is 0. The fourth-order valence-corrected chi connectivity index (χ4v) is 0.954. The van der Waals surface area contributed by atoms with E-state index < -0.39 is 18.6 Å². The van der Waals surface area contributed by atoms with Crippen molar-refractivity contribution in [2.24, 2.45) is 0 Å². The lowest BCUT2D eigenvalue weighted by molar-refractivity contribution is -0.153. The van der Waals surface area contributed by atoms with E-state index in [4.69, 9.17) is 0 Å². The molecule has 1 rings (SSSR count). The Hall–Kier alpha value is -1.46. The number of nitrogens with one attached hydrogen (secondary N) is 1. The molecule has 0 aliphatic carbocycles. The van der Waals surface area contributed by atoms with Crippen molar-refractivity contribution in [1.29, 1.82) is 0 Å². The first kappa shape index (κ1) is 11.6. The summed E-state index contributed by atoms with van der Waals surface area (Å²) in [6.07, 6.45) is -4.42. The second-order valence-electron chi connectivity index (χ2n) is 2.80. The number of anilines is 1. The van der Waals surface area contributed by atoms with E-state index in [9.17, 15) is 17.6 Å². The van der Waals surface area contributed by atoms with Crippen molar-refractivity contribution in [2.75, 3.05) is 19.0 Å². The smallest absolute Gasteiger partial charge is 0.422 e. The van der Waals surface area contributed by atoms with Crippen LogP contribution in [0, 0.1) is 5.82 Å². The van der Waals surface area contributed by atoms with Crippen LogP contribution in [-0.2, 0) is 0 Å². The first-order valence-electron chi connectivity index (χ1n) is 4.09. The summed E-state index contributed by atoms with van der Waals surface area (Å²) in [4.78, 5) is 0. The zero-order chi connectivity index (χ0) is 11.5. The van der Waals surface area contributed by atoms with Gasteiger partial charge >= 0.3 is 6.18 Å². The van der Waals surface area contributed by atoms with Crippen LogP contribution in [0.1, 0.15) is 0 Å². The van der Waals surface area contributed by atoms with Gasteiger partial charge in [0, 0.05) is 13.1 Å². The van der Waals surface area contributed by atoms with Crippen LogP contribution in [0.5, 0.6) is 5.75 Å². The highest BCUT2D eigenvalue weighted by Gasteiger charge is 2.28. The van der Waals surface area contributed by atoms with E-state index in [-0.39, 0.29) is 11.4 Å². The second kappa shape index (κ2) is 4.37.